The highest BCUT2D eigenvalue weighted by atomic mass is 35.5. The zero-order valence-corrected chi connectivity index (χ0v) is 14.7. The maximum atomic E-state index is 12.4. The highest BCUT2D eigenvalue weighted by molar-refractivity contribution is 6.32. The Balaban J connectivity index is 1.87. The minimum Gasteiger partial charge on any atom is -0.493 e. The van der Waals surface area contributed by atoms with Crippen LogP contribution < -0.4 is 9.47 Å². The Morgan fingerprint density at radius 1 is 0.960 bits per heavy atom. The number of ketones is 1. The van der Waals surface area contributed by atoms with E-state index in [1.165, 1.54) is 13.2 Å². The van der Waals surface area contributed by atoms with Gasteiger partial charge in [0.25, 0.3) is 0 Å². The molecule has 3 aromatic rings. The van der Waals surface area contributed by atoms with Crippen LogP contribution in [0.5, 0.6) is 11.5 Å². The molecule has 0 saturated carbocycles. The summed E-state index contributed by atoms with van der Waals surface area (Å²) in [7, 11) is 3.07. The summed E-state index contributed by atoms with van der Waals surface area (Å²) in [5.74, 6) is 0.923. The number of allylic oxidation sites excluding steroid dienone is 1. The van der Waals surface area contributed by atoms with Crippen molar-refractivity contribution in [2.24, 2.45) is 0 Å². The zero-order valence-electron chi connectivity index (χ0n) is 14.0. The molecule has 0 N–H and O–H groups in total. The van der Waals surface area contributed by atoms with Crippen molar-refractivity contribution in [3.05, 3.63) is 76.8 Å². The molecule has 0 radical (unpaired) electrons. The van der Waals surface area contributed by atoms with Crippen molar-refractivity contribution < 1.29 is 14.3 Å². The van der Waals surface area contributed by atoms with Crippen LogP contribution in [0, 0.1) is 0 Å². The van der Waals surface area contributed by atoms with Gasteiger partial charge in [-0.25, -0.2) is 0 Å². The van der Waals surface area contributed by atoms with Gasteiger partial charge in [-0.2, -0.15) is 0 Å². The molecule has 0 spiro atoms. The summed E-state index contributed by atoms with van der Waals surface area (Å²) in [5.41, 5.74) is 1.40. The molecule has 0 aromatic heterocycles. The second-order valence-electron chi connectivity index (χ2n) is 5.50. The van der Waals surface area contributed by atoms with Gasteiger partial charge < -0.3 is 9.47 Å². The monoisotopic (exact) mass is 352 g/mol. The van der Waals surface area contributed by atoms with E-state index in [1.54, 1.807) is 25.3 Å². The molecule has 4 heteroatoms. The predicted octanol–water partition coefficient (Wildman–Crippen LogP) is 5.41. The molecule has 0 atom stereocenters. The van der Waals surface area contributed by atoms with E-state index in [-0.39, 0.29) is 5.78 Å². The molecule has 0 aliphatic carbocycles. The van der Waals surface area contributed by atoms with Gasteiger partial charge in [0.1, 0.15) is 0 Å². The smallest absolute Gasteiger partial charge is 0.185 e. The van der Waals surface area contributed by atoms with Gasteiger partial charge in [0.2, 0.25) is 0 Å². The molecule has 0 unspecified atom stereocenters. The van der Waals surface area contributed by atoms with Crippen LogP contribution in [0.25, 0.3) is 16.8 Å². The second kappa shape index (κ2) is 7.41. The third kappa shape index (κ3) is 3.67. The second-order valence-corrected chi connectivity index (χ2v) is 5.90. The van der Waals surface area contributed by atoms with Crippen molar-refractivity contribution in [2.75, 3.05) is 14.2 Å². The predicted molar refractivity (Wildman–Crippen MR) is 102 cm³/mol. The van der Waals surface area contributed by atoms with E-state index in [1.807, 2.05) is 42.5 Å². The number of carbonyl (C=O) groups is 1. The molecule has 0 amide bonds. The van der Waals surface area contributed by atoms with Crippen molar-refractivity contribution in [1.82, 2.24) is 0 Å². The minimum atomic E-state index is -0.0725. The van der Waals surface area contributed by atoms with Crippen LogP contribution in [0.3, 0.4) is 0 Å². The van der Waals surface area contributed by atoms with Gasteiger partial charge in [-0.05, 0) is 40.6 Å². The van der Waals surface area contributed by atoms with Gasteiger partial charge in [-0.15, -0.1) is 0 Å². The molecule has 0 fully saturated rings. The fourth-order valence-corrected chi connectivity index (χ4v) is 2.94. The summed E-state index contributed by atoms with van der Waals surface area (Å²) in [5, 5.41) is 2.57. The first-order valence-electron chi connectivity index (χ1n) is 7.75. The summed E-state index contributed by atoms with van der Waals surface area (Å²) >= 11 is 6.19. The maximum absolute atomic E-state index is 12.4. The van der Waals surface area contributed by atoms with Crippen LogP contribution in [0.15, 0.2) is 60.7 Å². The normalized spacial score (nSPS) is 11.0. The first-order chi connectivity index (χ1) is 12.1. The van der Waals surface area contributed by atoms with E-state index >= 15 is 0 Å². The summed E-state index contributed by atoms with van der Waals surface area (Å²) < 4.78 is 10.5. The van der Waals surface area contributed by atoms with E-state index in [0.29, 0.717) is 22.1 Å². The summed E-state index contributed by atoms with van der Waals surface area (Å²) in [6.07, 6.45) is 3.24. The topological polar surface area (TPSA) is 35.5 Å². The summed E-state index contributed by atoms with van der Waals surface area (Å²) in [4.78, 5) is 12.4. The van der Waals surface area contributed by atoms with Crippen LogP contribution in [-0.4, -0.2) is 20.0 Å². The molecule has 0 bridgehead atoms. The lowest BCUT2D eigenvalue weighted by atomic mass is 10.0. The fourth-order valence-electron chi connectivity index (χ4n) is 2.64. The Hall–Kier alpha value is -2.78. The van der Waals surface area contributed by atoms with Gasteiger partial charge in [0.15, 0.2) is 17.3 Å². The average molecular weight is 353 g/mol. The standard InChI is InChI=1S/C21H17ClO3/c1-24-20-12-14(11-18(22)21(20)25-2)7-10-19(23)17-9-8-15-5-3-4-6-16(15)13-17/h3-13H,1-2H3. The maximum Gasteiger partial charge on any atom is 0.185 e. The quantitative estimate of drug-likeness (QED) is 0.455. The lowest BCUT2D eigenvalue weighted by Gasteiger charge is -2.10. The van der Waals surface area contributed by atoms with E-state index in [4.69, 9.17) is 21.1 Å². The molecule has 3 nitrogen and oxygen atoms in total. The Morgan fingerprint density at radius 3 is 2.44 bits per heavy atom. The summed E-state index contributed by atoms with van der Waals surface area (Å²) in [6, 6.07) is 17.1. The number of benzene rings is 3. The van der Waals surface area contributed by atoms with Crippen molar-refractivity contribution in [1.29, 1.82) is 0 Å². The largest absolute Gasteiger partial charge is 0.493 e. The van der Waals surface area contributed by atoms with Crippen LogP contribution >= 0.6 is 11.6 Å². The van der Waals surface area contributed by atoms with E-state index < -0.39 is 0 Å². The van der Waals surface area contributed by atoms with Gasteiger partial charge in [0, 0.05) is 5.56 Å². The highest BCUT2D eigenvalue weighted by Crippen LogP contribution is 2.36. The van der Waals surface area contributed by atoms with Gasteiger partial charge in [0.05, 0.1) is 19.2 Å². The first kappa shape index (κ1) is 17.1. The lowest BCUT2D eigenvalue weighted by molar-refractivity contribution is 0.104. The molecular formula is C21H17ClO3. The van der Waals surface area contributed by atoms with Crippen molar-refractivity contribution in [2.45, 2.75) is 0 Å². The van der Waals surface area contributed by atoms with E-state index in [9.17, 15) is 4.79 Å². The van der Waals surface area contributed by atoms with Crippen molar-refractivity contribution in [3.63, 3.8) is 0 Å². The molecule has 0 aliphatic heterocycles. The van der Waals surface area contributed by atoms with Crippen LogP contribution in [0.2, 0.25) is 5.02 Å². The van der Waals surface area contributed by atoms with Crippen molar-refractivity contribution >= 4 is 34.2 Å². The third-order valence-electron chi connectivity index (χ3n) is 3.92. The third-order valence-corrected chi connectivity index (χ3v) is 4.20. The number of fused-ring (bicyclic) bond motifs is 1. The number of carbonyl (C=O) groups excluding carboxylic acids is 1. The number of methoxy groups -OCH3 is 2. The average Bonchev–Trinajstić information content (AvgIpc) is 2.65. The first-order valence-corrected chi connectivity index (χ1v) is 8.13. The fraction of sp³-hybridized carbons (Fsp3) is 0.0952. The zero-order chi connectivity index (χ0) is 17.8. The van der Waals surface area contributed by atoms with Gasteiger partial charge in [-0.1, -0.05) is 54.1 Å². The number of ether oxygens (including phenoxy) is 2. The Labute approximate surface area is 151 Å². The number of rotatable bonds is 5. The molecule has 0 heterocycles. The molecular weight excluding hydrogens is 336 g/mol. The van der Waals surface area contributed by atoms with Gasteiger partial charge >= 0.3 is 0 Å². The number of hydrogen-bond donors (Lipinski definition) is 0. The summed E-state index contributed by atoms with van der Waals surface area (Å²) in [6.45, 7) is 0. The highest BCUT2D eigenvalue weighted by Gasteiger charge is 2.10. The molecule has 0 aliphatic rings. The van der Waals surface area contributed by atoms with Crippen LogP contribution in [0.1, 0.15) is 15.9 Å². The molecule has 3 aromatic carbocycles. The minimum absolute atomic E-state index is 0.0725. The molecule has 126 valence electrons. The van der Waals surface area contributed by atoms with Crippen LogP contribution in [-0.2, 0) is 0 Å². The van der Waals surface area contributed by atoms with Gasteiger partial charge in [-0.3, -0.25) is 4.79 Å². The lowest BCUT2D eigenvalue weighted by Crippen LogP contribution is -1.95. The molecule has 3 rings (SSSR count). The Bertz CT molecular complexity index is 961. The molecule has 25 heavy (non-hydrogen) atoms. The number of halogens is 1. The van der Waals surface area contributed by atoms with Crippen LogP contribution in [0.4, 0.5) is 0 Å². The number of hydrogen-bond acceptors (Lipinski definition) is 3. The van der Waals surface area contributed by atoms with E-state index in [2.05, 4.69) is 0 Å². The van der Waals surface area contributed by atoms with E-state index in [0.717, 1.165) is 16.3 Å². The SMILES string of the molecule is COc1cc(C=CC(=O)c2ccc3ccccc3c2)cc(Cl)c1OC. The Kier molecular flexibility index (Phi) is 5.05. The molecule has 0 saturated heterocycles. The Morgan fingerprint density at radius 2 is 1.72 bits per heavy atom. The van der Waals surface area contributed by atoms with Crippen molar-refractivity contribution in [3.8, 4) is 11.5 Å².